The molecule has 2 aromatic carbocycles. The largest absolute Gasteiger partial charge is 0.484 e. The fourth-order valence-corrected chi connectivity index (χ4v) is 6.16. The van der Waals surface area contributed by atoms with Crippen LogP contribution in [0.25, 0.3) is 0 Å². The number of carbonyl (C=O) groups is 6. The van der Waals surface area contributed by atoms with E-state index < -0.39 is 78.4 Å². The van der Waals surface area contributed by atoms with E-state index in [0.717, 1.165) is 11.1 Å². The molecule has 6 rings (SSSR count). The molecule has 1 saturated heterocycles. The van der Waals surface area contributed by atoms with E-state index in [9.17, 15) is 33.9 Å². The van der Waals surface area contributed by atoms with E-state index in [1.165, 1.54) is 35.8 Å². The SMILES string of the molecule is C[C@@H]1NC(=O)[C@H]([C@@H](C)O)NC(=O)[C@@H]2C[C@H](NC(=O)c3cncn3C)CN2C(=O)[C@H](Cc2ccccc2)NC(=O)COc2ccc(cc2)CCNC1=O. The predicted molar refractivity (Wildman–Crippen MR) is 187 cm³/mol. The topological polar surface area (TPSA) is 213 Å². The molecule has 3 aromatic rings. The minimum absolute atomic E-state index is 0.0424. The van der Waals surface area contributed by atoms with Crippen LogP contribution < -0.4 is 31.3 Å². The molecular weight excluding hydrogens is 672 g/mol. The Kier molecular flexibility index (Phi) is 12.2. The standard InChI is InChI=1S/C36H44N8O8/c1-21-32(47)38-14-13-23-9-11-26(12-10-23)52-19-30(46)41-27(15-24-7-5-4-6-8-24)36(51)44-18-25(40-34(49)29-17-37-20-43(29)3)16-28(44)33(48)42-31(22(2)45)35(50)39-21/h4-12,17,20-22,25,27-28,31,45H,13-16,18-19H2,1-3H3,(H,38,47)(H,39,50)(H,40,49)(H,41,46)(H,42,48)/t21-,22+,25-,27-,28-,31-/m0/s1. The molecule has 6 amide bonds. The average Bonchev–Trinajstić information content (AvgIpc) is 3.75. The van der Waals surface area contributed by atoms with Gasteiger partial charge in [-0.2, -0.15) is 0 Å². The Morgan fingerprint density at radius 1 is 1.00 bits per heavy atom. The van der Waals surface area contributed by atoms with Crippen molar-refractivity contribution in [2.75, 3.05) is 19.7 Å². The quantitative estimate of drug-likeness (QED) is 0.178. The second-order valence-electron chi connectivity index (χ2n) is 13.0. The van der Waals surface area contributed by atoms with Crippen molar-refractivity contribution in [2.45, 2.75) is 69.4 Å². The van der Waals surface area contributed by atoms with Crippen molar-refractivity contribution < 1.29 is 38.6 Å². The van der Waals surface area contributed by atoms with Crippen molar-refractivity contribution in [1.29, 1.82) is 0 Å². The van der Waals surface area contributed by atoms with Crippen LogP contribution in [0.3, 0.4) is 0 Å². The fourth-order valence-electron chi connectivity index (χ4n) is 6.16. The lowest BCUT2D eigenvalue weighted by atomic mass is 10.0. The van der Waals surface area contributed by atoms with Gasteiger partial charge in [-0.3, -0.25) is 28.8 Å². The van der Waals surface area contributed by atoms with Gasteiger partial charge in [-0.1, -0.05) is 42.5 Å². The van der Waals surface area contributed by atoms with Crippen LogP contribution in [-0.2, 0) is 43.9 Å². The number of aliphatic hydroxyl groups excluding tert-OH is 1. The minimum Gasteiger partial charge on any atom is -0.484 e. The molecule has 6 atom stereocenters. The molecule has 1 fully saturated rings. The lowest BCUT2D eigenvalue weighted by Gasteiger charge is -2.30. The van der Waals surface area contributed by atoms with Gasteiger partial charge in [0.2, 0.25) is 23.6 Å². The fraction of sp³-hybridized carbons (Fsp3) is 0.417. The number of aromatic nitrogens is 2. The van der Waals surface area contributed by atoms with Crippen molar-refractivity contribution in [3.63, 3.8) is 0 Å². The van der Waals surface area contributed by atoms with Crippen LogP contribution in [0, 0.1) is 0 Å². The van der Waals surface area contributed by atoms with E-state index in [4.69, 9.17) is 4.74 Å². The van der Waals surface area contributed by atoms with Crippen LogP contribution in [0.5, 0.6) is 5.75 Å². The van der Waals surface area contributed by atoms with E-state index in [0.29, 0.717) is 12.2 Å². The van der Waals surface area contributed by atoms with Gasteiger partial charge in [0.25, 0.3) is 11.8 Å². The maximum Gasteiger partial charge on any atom is 0.269 e. The number of amides is 6. The maximum absolute atomic E-state index is 14.4. The summed E-state index contributed by atoms with van der Waals surface area (Å²) in [5, 5.41) is 24.0. The summed E-state index contributed by atoms with van der Waals surface area (Å²) in [5.74, 6) is -3.30. The third kappa shape index (κ3) is 9.51. The monoisotopic (exact) mass is 716 g/mol. The van der Waals surface area contributed by atoms with Gasteiger partial charge in [0.05, 0.1) is 18.6 Å². The molecular formula is C36H44N8O8. The van der Waals surface area contributed by atoms with Crippen molar-refractivity contribution in [2.24, 2.45) is 7.05 Å². The van der Waals surface area contributed by atoms with E-state index in [1.54, 1.807) is 55.6 Å². The van der Waals surface area contributed by atoms with Gasteiger partial charge in [-0.05, 0) is 49.9 Å². The number of hydrogen-bond donors (Lipinski definition) is 6. The van der Waals surface area contributed by atoms with Crippen LogP contribution in [0.1, 0.15) is 41.9 Å². The summed E-state index contributed by atoms with van der Waals surface area (Å²) in [5.41, 5.74) is 1.88. The molecule has 16 heteroatoms. The molecule has 3 aliphatic heterocycles. The zero-order valence-corrected chi connectivity index (χ0v) is 29.2. The van der Waals surface area contributed by atoms with Crippen LogP contribution in [0.15, 0.2) is 67.1 Å². The average molecular weight is 717 g/mol. The zero-order valence-electron chi connectivity index (χ0n) is 29.2. The third-order valence-corrected chi connectivity index (χ3v) is 9.01. The van der Waals surface area contributed by atoms with Crippen LogP contribution >= 0.6 is 0 Å². The Labute approximate surface area is 300 Å². The number of fused-ring (bicyclic) bond motifs is 16. The molecule has 4 heterocycles. The van der Waals surface area contributed by atoms with Crippen LogP contribution in [-0.4, -0.2) is 111 Å². The highest BCUT2D eigenvalue weighted by Gasteiger charge is 2.44. The summed E-state index contributed by atoms with van der Waals surface area (Å²) in [6.07, 6.45) is 1.98. The predicted octanol–water partition coefficient (Wildman–Crippen LogP) is -1.03. The van der Waals surface area contributed by atoms with Crippen molar-refractivity contribution in [3.05, 3.63) is 83.9 Å². The molecule has 0 spiro atoms. The molecule has 6 N–H and O–H groups in total. The van der Waals surface area contributed by atoms with Crippen LogP contribution in [0.2, 0.25) is 0 Å². The number of nitrogens with zero attached hydrogens (tertiary/aromatic N) is 3. The number of carbonyl (C=O) groups excluding carboxylic acids is 6. The Morgan fingerprint density at radius 2 is 1.73 bits per heavy atom. The molecule has 276 valence electrons. The lowest BCUT2D eigenvalue weighted by molar-refractivity contribution is -0.143. The highest BCUT2D eigenvalue weighted by atomic mass is 16.5. The number of benzene rings is 2. The molecule has 16 nitrogen and oxygen atoms in total. The molecule has 52 heavy (non-hydrogen) atoms. The van der Waals surface area contributed by atoms with E-state index in [-0.39, 0.29) is 31.6 Å². The van der Waals surface area contributed by atoms with Gasteiger partial charge in [0.1, 0.15) is 35.6 Å². The maximum atomic E-state index is 14.4. The van der Waals surface area contributed by atoms with Crippen molar-refractivity contribution in [3.8, 4) is 5.75 Å². The highest BCUT2D eigenvalue weighted by molar-refractivity contribution is 5.97. The van der Waals surface area contributed by atoms with Gasteiger partial charge in [0, 0.05) is 32.6 Å². The molecule has 0 aliphatic carbocycles. The summed E-state index contributed by atoms with van der Waals surface area (Å²) >= 11 is 0. The molecule has 1 aromatic heterocycles. The molecule has 0 saturated carbocycles. The second-order valence-corrected chi connectivity index (χ2v) is 13.0. The second kappa shape index (κ2) is 17.0. The number of hydrogen-bond acceptors (Lipinski definition) is 9. The van der Waals surface area contributed by atoms with Crippen LogP contribution in [0.4, 0.5) is 0 Å². The smallest absolute Gasteiger partial charge is 0.269 e. The normalized spacial score (nSPS) is 24.2. The Morgan fingerprint density at radius 3 is 2.40 bits per heavy atom. The number of rotatable bonds is 5. The summed E-state index contributed by atoms with van der Waals surface area (Å²) in [7, 11) is 1.65. The number of imidazole rings is 1. The van der Waals surface area contributed by atoms with E-state index in [1.807, 2.05) is 6.07 Å². The first-order valence-electron chi connectivity index (χ1n) is 17.1. The zero-order chi connectivity index (χ0) is 37.4. The van der Waals surface area contributed by atoms with Crippen molar-refractivity contribution in [1.82, 2.24) is 41.0 Å². The Bertz CT molecular complexity index is 1760. The number of aryl methyl sites for hydroxylation is 1. The lowest BCUT2D eigenvalue weighted by Crippen LogP contribution is -2.60. The summed E-state index contributed by atoms with van der Waals surface area (Å²) < 4.78 is 7.24. The first kappa shape index (κ1) is 37.5. The molecule has 0 unspecified atom stereocenters. The van der Waals surface area contributed by atoms with Gasteiger partial charge in [-0.25, -0.2) is 4.98 Å². The summed E-state index contributed by atoms with van der Waals surface area (Å²) in [4.78, 5) is 86.2. The van der Waals surface area contributed by atoms with Gasteiger partial charge in [0.15, 0.2) is 6.61 Å². The van der Waals surface area contributed by atoms with E-state index >= 15 is 0 Å². The number of aliphatic hydroxyl groups is 1. The molecule has 0 radical (unpaired) electrons. The Hall–Kier alpha value is -5.77. The summed E-state index contributed by atoms with van der Waals surface area (Å²) in [6, 6.07) is 10.4. The first-order chi connectivity index (χ1) is 24.9. The van der Waals surface area contributed by atoms with E-state index in [2.05, 4.69) is 31.6 Å². The Balaban J connectivity index is 1.46. The summed E-state index contributed by atoms with van der Waals surface area (Å²) in [6.45, 7) is 2.56. The van der Waals surface area contributed by atoms with Crippen molar-refractivity contribution >= 4 is 35.4 Å². The van der Waals surface area contributed by atoms with Gasteiger partial charge >= 0.3 is 0 Å². The molecule has 2 bridgehead atoms. The number of ether oxygens (including phenoxy) is 1. The molecule has 3 aliphatic rings. The first-order valence-corrected chi connectivity index (χ1v) is 17.1. The number of nitrogens with one attached hydrogen (secondary N) is 5. The highest BCUT2D eigenvalue weighted by Crippen LogP contribution is 2.22. The minimum atomic E-state index is -1.49. The van der Waals surface area contributed by atoms with Gasteiger partial charge < -0.3 is 45.9 Å². The van der Waals surface area contributed by atoms with Gasteiger partial charge in [-0.15, -0.1) is 0 Å². The third-order valence-electron chi connectivity index (χ3n) is 9.01.